The summed E-state index contributed by atoms with van der Waals surface area (Å²) in [7, 11) is 1.69. The molecule has 0 spiro atoms. The summed E-state index contributed by atoms with van der Waals surface area (Å²) in [5.74, 6) is 0.925. The van der Waals surface area contributed by atoms with Crippen molar-refractivity contribution >= 4 is 15.9 Å². The van der Waals surface area contributed by atoms with Crippen LogP contribution in [0.15, 0.2) is 22.7 Å². The van der Waals surface area contributed by atoms with E-state index in [9.17, 15) is 0 Å². The van der Waals surface area contributed by atoms with Gasteiger partial charge in [0.25, 0.3) is 0 Å². The molecular formula is C12H18BrNO. The molecule has 2 N–H and O–H groups in total. The highest BCUT2D eigenvalue weighted by atomic mass is 79.9. The van der Waals surface area contributed by atoms with Crippen LogP contribution in [0.25, 0.3) is 0 Å². The van der Waals surface area contributed by atoms with Gasteiger partial charge in [-0.2, -0.15) is 0 Å². The minimum absolute atomic E-state index is 0.139. The van der Waals surface area contributed by atoms with Gasteiger partial charge in [0.15, 0.2) is 0 Å². The molecule has 0 aliphatic carbocycles. The fourth-order valence-corrected chi connectivity index (χ4v) is 1.97. The molecule has 2 nitrogen and oxygen atoms in total. The standard InChI is InChI=1S/C12H18BrNO/c1-12(2,14)8-7-9-10(13)5-4-6-11(9)15-3/h4-6H,7-8,14H2,1-3H3. The predicted molar refractivity (Wildman–Crippen MR) is 67.3 cm³/mol. The van der Waals surface area contributed by atoms with Crippen LogP contribution in [0, 0.1) is 0 Å². The monoisotopic (exact) mass is 271 g/mol. The van der Waals surface area contributed by atoms with Gasteiger partial charge in [-0.25, -0.2) is 0 Å². The van der Waals surface area contributed by atoms with Crippen LogP contribution < -0.4 is 10.5 Å². The second kappa shape index (κ2) is 4.99. The third-order valence-corrected chi connectivity index (χ3v) is 3.06. The average Bonchev–Trinajstić information content (AvgIpc) is 2.14. The molecule has 0 saturated heterocycles. The first-order valence-corrected chi connectivity index (χ1v) is 5.83. The largest absolute Gasteiger partial charge is 0.496 e. The Hall–Kier alpha value is -0.540. The lowest BCUT2D eigenvalue weighted by atomic mass is 9.96. The molecule has 0 heterocycles. The van der Waals surface area contributed by atoms with Gasteiger partial charge in [-0.05, 0) is 38.8 Å². The highest BCUT2D eigenvalue weighted by Crippen LogP contribution is 2.28. The van der Waals surface area contributed by atoms with Crippen LogP contribution in [0.2, 0.25) is 0 Å². The molecule has 1 rings (SSSR count). The van der Waals surface area contributed by atoms with Gasteiger partial charge in [0.2, 0.25) is 0 Å². The Labute approximate surface area is 99.9 Å². The van der Waals surface area contributed by atoms with E-state index in [1.54, 1.807) is 7.11 Å². The number of ether oxygens (including phenoxy) is 1. The van der Waals surface area contributed by atoms with Crippen LogP contribution in [0.4, 0.5) is 0 Å². The van der Waals surface area contributed by atoms with Crippen molar-refractivity contribution in [3.63, 3.8) is 0 Å². The molecule has 0 atom stereocenters. The van der Waals surface area contributed by atoms with Gasteiger partial charge in [0.1, 0.15) is 5.75 Å². The molecule has 0 radical (unpaired) electrons. The minimum atomic E-state index is -0.139. The van der Waals surface area contributed by atoms with E-state index in [4.69, 9.17) is 10.5 Å². The normalized spacial score (nSPS) is 11.5. The molecule has 0 aliphatic rings. The van der Waals surface area contributed by atoms with Crippen LogP contribution >= 0.6 is 15.9 Å². The summed E-state index contributed by atoms with van der Waals surface area (Å²) in [6.07, 6.45) is 1.86. The van der Waals surface area contributed by atoms with Crippen LogP contribution in [0.1, 0.15) is 25.8 Å². The zero-order chi connectivity index (χ0) is 11.5. The summed E-state index contributed by atoms with van der Waals surface area (Å²) in [4.78, 5) is 0. The molecule has 0 unspecified atom stereocenters. The summed E-state index contributed by atoms with van der Waals surface area (Å²) in [5.41, 5.74) is 7.02. The van der Waals surface area contributed by atoms with E-state index < -0.39 is 0 Å². The van der Waals surface area contributed by atoms with E-state index in [1.807, 2.05) is 32.0 Å². The molecule has 1 aromatic carbocycles. The summed E-state index contributed by atoms with van der Waals surface area (Å²) in [6.45, 7) is 4.08. The molecule has 3 heteroatoms. The fourth-order valence-electron chi connectivity index (χ4n) is 1.42. The molecule has 15 heavy (non-hydrogen) atoms. The Kier molecular flexibility index (Phi) is 4.17. The van der Waals surface area contributed by atoms with Crippen molar-refractivity contribution in [3.8, 4) is 5.75 Å². The maximum Gasteiger partial charge on any atom is 0.123 e. The zero-order valence-corrected chi connectivity index (χ0v) is 11.1. The number of hydrogen-bond donors (Lipinski definition) is 1. The van der Waals surface area contributed by atoms with Gasteiger partial charge < -0.3 is 10.5 Å². The SMILES string of the molecule is COc1cccc(Br)c1CCC(C)(C)N. The number of benzene rings is 1. The van der Waals surface area contributed by atoms with Crippen molar-refractivity contribution in [2.24, 2.45) is 5.73 Å². The first kappa shape index (κ1) is 12.5. The van der Waals surface area contributed by atoms with E-state index >= 15 is 0 Å². The van der Waals surface area contributed by atoms with Gasteiger partial charge in [-0.3, -0.25) is 0 Å². The Morgan fingerprint density at radius 3 is 2.60 bits per heavy atom. The molecule has 0 amide bonds. The van der Waals surface area contributed by atoms with Gasteiger partial charge in [-0.15, -0.1) is 0 Å². The summed E-state index contributed by atoms with van der Waals surface area (Å²) in [5, 5.41) is 0. The van der Waals surface area contributed by atoms with Crippen molar-refractivity contribution in [1.82, 2.24) is 0 Å². The predicted octanol–water partition coefficient (Wildman–Crippen LogP) is 3.13. The maximum absolute atomic E-state index is 5.97. The quantitative estimate of drug-likeness (QED) is 0.914. The molecule has 0 aliphatic heterocycles. The number of nitrogens with two attached hydrogens (primary N) is 1. The van der Waals surface area contributed by atoms with E-state index in [0.717, 1.165) is 23.1 Å². The van der Waals surface area contributed by atoms with Crippen LogP contribution in [-0.4, -0.2) is 12.6 Å². The molecule has 1 aromatic rings. The Bertz CT molecular complexity index is 331. The van der Waals surface area contributed by atoms with Crippen molar-refractivity contribution in [3.05, 3.63) is 28.2 Å². The van der Waals surface area contributed by atoms with Gasteiger partial charge in [-0.1, -0.05) is 22.0 Å². The Morgan fingerprint density at radius 2 is 2.07 bits per heavy atom. The second-order valence-corrected chi connectivity index (χ2v) is 5.26. The summed E-state index contributed by atoms with van der Waals surface area (Å²) >= 11 is 3.53. The number of hydrogen-bond acceptors (Lipinski definition) is 2. The van der Waals surface area contributed by atoms with Crippen molar-refractivity contribution < 1.29 is 4.74 Å². The fraction of sp³-hybridized carbons (Fsp3) is 0.500. The Balaban J connectivity index is 2.83. The minimum Gasteiger partial charge on any atom is -0.496 e. The topological polar surface area (TPSA) is 35.2 Å². The van der Waals surface area contributed by atoms with Crippen LogP contribution in [0.3, 0.4) is 0 Å². The number of rotatable bonds is 4. The van der Waals surface area contributed by atoms with E-state index in [2.05, 4.69) is 15.9 Å². The van der Waals surface area contributed by atoms with Crippen LogP contribution in [0.5, 0.6) is 5.75 Å². The maximum atomic E-state index is 5.97. The zero-order valence-electron chi connectivity index (χ0n) is 9.51. The summed E-state index contributed by atoms with van der Waals surface area (Å²) in [6, 6.07) is 5.98. The average molecular weight is 272 g/mol. The smallest absolute Gasteiger partial charge is 0.123 e. The molecular weight excluding hydrogens is 254 g/mol. The first-order valence-electron chi connectivity index (χ1n) is 5.04. The molecule has 0 aromatic heterocycles. The lowest BCUT2D eigenvalue weighted by Crippen LogP contribution is -2.32. The highest BCUT2D eigenvalue weighted by Gasteiger charge is 2.14. The lowest BCUT2D eigenvalue weighted by Gasteiger charge is -2.19. The van der Waals surface area contributed by atoms with Crippen molar-refractivity contribution in [1.29, 1.82) is 0 Å². The molecule has 0 fully saturated rings. The van der Waals surface area contributed by atoms with E-state index in [-0.39, 0.29) is 5.54 Å². The first-order chi connectivity index (χ1) is 6.94. The Morgan fingerprint density at radius 1 is 1.40 bits per heavy atom. The van der Waals surface area contributed by atoms with E-state index in [1.165, 1.54) is 5.56 Å². The van der Waals surface area contributed by atoms with Gasteiger partial charge in [0.05, 0.1) is 7.11 Å². The third-order valence-electron chi connectivity index (χ3n) is 2.32. The second-order valence-electron chi connectivity index (χ2n) is 4.41. The summed E-state index contributed by atoms with van der Waals surface area (Å²) < 4.78 is 6.41. The van der Waals surface area contributed by atoms with Gasteiger partial charge >= 0.3 is 0 Å². The van der Waals surface area contributed by atoms with Gasteiger partial charge in [0, 0.05) is 15.6 Å². The lowest BCUT2D eigenvalue weighted by molar-refractivity contribution is 0.404. The van der Waals surface area contributed by atoms with Crippen molar-refractivity contribution in [2.45, 2.75) is 32.2 Å². The van der Waals surface area contributed by atoms with Crippen molar-refractivity contribution in [2.75, 3.05) is 7.11 Å². The number of methoxy groups -OCH3 is 1. The molecule has 0 bridgehead atoms. The van der Waals surface area contributed by atoms with E-state index in [0.29, 0.717) is 0 Å². The van der Waals surface area contributed by atoms with Crippen LogP contribution in [-0.2, 0) is 6.42 Å². The number of halogens is 1. The third kappa shape index (κ3) is 3.84. The molecule has 0 saturated carbocycles. The molecule has 84 valence electrons. The highest BCUT2D eigenvalue weighted by molar-refractivity contribution is 9.10.